The first-order valence-electron chi connectivity index (χ1n) is 5.94. The van der Waals surface area contributed by atoms with Gasteiger partial charge in [0, 0.05) is 5.69 Å². The van der Waals surface area contributed by atoms with Crippen molar-refractivity contribution in [2.24, 2.45) is 0 Å². The molecule has 0 saturated heterocycles. The van der Waals surface area contributed by atoms with Gasteiger partial charge in [-0.05, 0) is 37.1 Å². The van der Waals surface area contributed by atoms with E-state index in [4.69, 9.17) is 9.84 Å². The van der Waals surface area contributed by atoms with E-state index in [1.165, 1.54) is 11.6 Å². The van der Waals surface area contributed by atoms with Gasteiger partial charge in [-0.15, -0.1) is 0 Å². The molecule has 0 aliphatic heterocycles. The first kappa shape index (κ1) is 13.0. The summed E-state index contributed by atoms with van der Waals surface area (Å²) in [6.45, 7) is 3.76. The summed E-state index contributed by atoms with van der Waals surface area (Å²) < 4.78 is 5.46. The molecule has 1 aromatic heterocycles. The average Bonchev–Trinajstić information content (AvgIpc) is 2.39. The maximum atomic E-state index is 10.9. The number of ether oxygens (including phenoxy) is 1. The Morgan fingerprint density at radius 3 is 2.53 bits per heavy atom. The van der Waals surface area contributed by atoms with Gasteiger partial charge in [-0.1, -0.05) is 19.1 Å². The van der Waals surface area contributed by atoms with Crippen LogP contribution in [0.1, 0.15) is 28.7 Å². The van der Waals surface area contributed by atoms with Crippen LogP contribution in [0, 0.1) is 6.92 Å². The van der Waals surface area contributed by atoms with Gasteiger partial charge in [-0.2, -0.15) is 4.98 Å². The fourth-order valence-corrected chi connectivity index (χ4v) is 1.60. The van der Waals surface area contributed by atoms with E-state index in [0.29, 0.717) is 11.4 Å². The predicted molar refractivity (Wildman–Crippen MR) is 69.6 cm³/mol. The number of benzene rings is 1. The Balaban J connectivity index is 2.24. The molecule has 0 saturated carbocycles. The van der Waals surface area contributed by atoms with Crippen LogP contribution >= 0.6 is 0 Å². The number of nitrogens with zero attached hydrogens (tertiary/aromatic N) is 2. The van der Waals surface area contributed by atoms with E-state index >= 15 is 0 Å². The van der Waals surface area contributed by atoms with Crippen molar-refractivity contribution in [3.8, 4) is 11.8 Å². The van der Waals surface area contributed by atoms with Gasteiger partial charge in [0.2, 0.25) is 0 Å². The highest BCUT2D eigenvalue weighted by Crippen LogP contribution is 2.19. The highest BCUT2D eigenvalue weighted by Gasteiger charge is 2.10. The van der Waals surface area contributed by atoms with Gasteiger partial charge >= 0.3 is 12.0 Å². The Hall–Kier alpha value is -2.43. The van der Waals surface area contributed by atoms with Crippen LogP contribution in [0.15, 0.2) is 30.3 Å². The molecule has 2 rings (SSSR count). The molecule has 1 N–H and O–H groups in total. The van der Waals surface area contributed by atoms with Gasteiger partial charge < -0.3 is 9.84 Å². The number of rotatable bonds is 4. The van der Waals surface area contributed by atoms with Crippen molar-refractivity contribution in [2.75, 3.05) is 0 Å². The van der Waals surface area contributed by atoms with Crippen LogP contribution in [0.2, 0.25) is 0 Å². The second-order valence-electron chi connectivity index (χ2n) is 4.08. The summed E-state index contributed by atoms with van der Waals surface area (Å²) in [4.78, 5) is 18.8. The molecule has 98 valence electrons. The lowest BCUT2D eigenvalue weighted by molar-refractivity contribution is 0.0689. The predicted octanol–water partition coefficient (Wildman–Crippen LogP) is 2.84. The maximum absolute atomic E-state index is 10.9. The van der Waals surface area contributed by atoms with Gasteiger partial charge in [0.1, 0.15) is 5.75 Å². The van der Waals surface area contributed by atoms with Crippen LogP contribution in [0.25, 0.3) is 0 Å². The molecular formula is C14H14N2O3. The summed E-state index contributed by atoms with van der Waals surface area (Å²) >= 11 is 0. The fourth-order valence-electron chi connectivity index (χ4n) is 1.60. The van der Waals surface area contributed by atoms with E-state index in [2.05, 4.69) is 16.9 Å². The average molecular weight is 258 g/mol. The summed E-state index contributed by atoms with van der Waals surface area (Å²) in [5, 5.41) is 8.92. The number of carboxylic acid groups (broad SMARTS) is 1. The Labute approximate surface area is 110 Å². The number of aryl methyl sites for hydroxylation is 2. The zero-order chi connectivity index (χ0) is 13.8. The summed E-state index contributed by atoms with van der Waals surface area (Å²) in [6.07, 6.45) is 0.949. The minimum absolute atomic E-state index is 0.0432. The Kier molecular flexibility index (Phi) is 3.75. The molecule has 5 heteroatoms. The summed E-state index contributed by atoms with van der Waals surface area (Å²) in [7, 11) is 0. The molecule has 0 aliphatic rings. The maximum Gasteiger partial charge on any atom is 0.354 e. The second-order valence-corrected chi connectivity index (χ2v) is 4.08. The minimum Gasteiger partial charge on any atom is -0.477 e. The molecule has 0 atom stereocenters. The van der Waals surface area contributed by atoms with Crippen LogP contribution in [0.3, 0.4) is 0 Å². The van der Waals surface area contributed by atoms with Gasteiger partial charge in [0.05, 0.1) is 0 Å². The lowest BCUT2D eigenvalue weighted by Gasteiger charge is -2.06. The van der Waals surface area contributed by atoms with Crippen LogP contribution in [-0.4, -0.2) is 21.0 Å². The van der Waals surface area contributed by atoms with Crippen molar-refractivity contribution in [1.82, 2.24) is 9.97 Å². The van der Waals surface area contributed by atoms with Crippen molar-refractivity contribution in [3.63, 3.8) is 0 Å². The summed E-state index contributed by atoms with van der Waals surface area (Å²) in [5.74, 6) is -0.518. The number of carbonyl (C=O) groups is 1. The molecule has 1 aromatic carbocycles. The smallest absolute Gasteiger partial charge is 0.354 e. The number of aromatic nitrogens is 2. The molecule has 0 spiro atoms. The first-order chi connectivity index (χ1) is 9.08. The van der Waals surface area contributed by atoms with Crippen molar-refractivity contribution in [2.45, 2.75) is 20.3 Å². The van der Waals surface area contributed by atoms with Crippen molar-refractivity contribution in [1.29, 1.82) is 0 Å². The quantitative estimate of drug-likeness (QED) is 0.912. The van der Waals surface area contributed by atoms with Crippen LogP contribution in [0.4, 0.5) is 0 Å². The molecule has 0 unspecified atom stereocenters. The highest BCUT2D eigenvalue weighted by atomic mass is 16.5. The number of hydrogen-bond donors (Lipinski definition) is 1. The summed E-state index contributed by atoms with van der Waals surface area (Å²) in [5.41, 5.74) is 1.67. The molecule has 1 heterocycles. The van der Waals surface area contributed by atoms with Crippen molar-refractivity contribution in [3.05, 3.63) is 47.3 Å². The van der Waals surface area contributed by atoms with E-state index in [-0.39, 0.29) is 11.7 Å². The molecule has 0 amide bonds. The van der Waals surface area contributed by atoms with E-state index in [1.807, 2.05) is 24.3 Å². The molecule has 5 nitrogen and oxygen atoms in total. The van der Waals surface area contributed by atoms with Gasteiger partial charge in [0.25, 0.3) is 0 Å². The van der Waals surface area contributed by atoms with Gasteiger partial charge in [-0.25, -0.2) is 9.78 Å². The normalized spacial score (nSPS) is 10.2. The third-order valence-electron chi connectivity index (χ3n) is 2.59. The number of aromatic carboxylic acids is 1. The SMILES string of the molecule is CCc1ccc(Oc2nc(C)cc(C(=O)O)n2)cc1. The molecule has 2 aromatic rings. The summed E-state index contributed by atoms with van der Waals surface area (Å²) in [6, 6.07) is 8.96. The monoisotopic (exact) mass is 258 g/mol. The van der Waals surface area contributed by atoms with Crippen LogP contribution in [0.5, 0.6) is 11.8 Å². The minimum atomic E-state index is -1.10. The zero-order valence-electron chi connectivity index (χ0n) is 10.8. The van der Waals surface area contributed by atoms with E-state index < -0.39 is 5.97 Å². The molecule has 0 fully saturated rings. The molecule has 19 heavy (non-hydrogen) atoms. The Bertz CT molecular complexity index is 594. The van der Waals surface area contributed by atoms with Crippen LogP contribution in [-0.2, 0) is 6.42 Å². The largest absolute Gasteiger partial charge is 0.477 e. The third kappa shape index (κ3) is 3.28. The van der Waals surface area contributed by atoms with Crippen molar-refractivity contribution >= 4 is 5.97 Å². The molecular weight excluding hydrogens is 244 g/mol. The van der Waals surface area contributed by atoms with Crippen molar-refractivity contribution < 1.29 is 14.6 Å². The van der Waals surface area contributed by atoms with Crippen LogP contribution < -0.4 is 4.74 Å². The van der Waals surface area contributed by atoms with E-state index in [0.717, 1.165) is 6.42 Å². The number of carboxylic acids is 1. The van der Waals surface area contributed by atoms with E-state index in [9.17, 15) is 4.79 Å². The molecule has 0 radical (unpaired) electrons. The van der Waals surface area contributed by atoms with Gasteiger partial charge in [-0.3, -0.25) is 0 Å². The topological polar surface area (TPSA) is 72.3 Å². The van der Waals surface area contributed by atoms with E-state index in [1.54, 1.807) is 6.92 Å². The first-order valence-corrected chi connectivity index (χ1v) is 5.94. The molecule has 0 bridgehead atoms. The fraction of sp³-hybridized carbons (Fsp3) is 0.214. The zero-order valence-corrected chi connectivity index (χ0v) is 10.8. The van der Waals surface area contributed by atoms with Gasteiger partial charge in [0.15, 0.2) is 5.69 Å². The highest BCUT2D eigenvalue weighted by molar-refractivity contribution is 5.85. The lowest BCUT2D eigenvalue weighted by Crippen LogP contribution is -2.04. The molecule has 0 aliphatic carbocycles. The Morgan fingerprint density at radius 1 is 1.26 bits per heavy atom. The standard InChI is InChI=1S/C14H14N2O3/c1-3-10-4-6-11(7-5-10)19-14-15-9(2)8-12(16-14)13(17)18/h4-8H,3H2,1-2H3,(H,17,18). The second kappa shape index (κ2) is 5.48. The lowest BCUT2D eigenvalue weighted by atomic mass is 10.2. The third-order valence-corrected chi connectivity index (χ3v) is 2.59. The Morgan fingerprint density at radius 2 is 1.95 bits per heavy atom. The number of hydrogen-bond acceptors (Lipinski definition) is 4.